The van der Waals surface area contributed by atoms with E-state index in [9.17, 15) is 9.59 Å². The summed E-state index contributed by atoms with van der Waals surface area (Å²) in [6, 6.07) is 13.7. The summed E-state index contributed by atoms with van der Waals surface area (Å²) in [6.07, 6.45) is 3.65. The van der Waals surface area contributed by atoms with E-state index in [2.05, 4.69) is 41.5 Å². The minimum atomic E-state index is -0.112. The second kappa shape index (κ2) is 10.3. The van der Waals surface area contributed by atoms with E-state index in [0.717, 1.165) is 43.1 Å². The van der Waals surface area contributed by atoms with Crippen LogP contribution >= 0.6 is 0 Å². The van der Waals surface area contributed by atoms with Gasteiger partial charge in [-0.3, -0.25) is 9.59 Å². The first-order valence-corrected chi connectivity index (χ1v) is 12.2. The first-order valence-electron chi connectivity index (χ1n) is 12.2. The lowest BCUT2D eigenvalue weighted by atomic mass is 9.91. The molecule has 2 amide bonds. The number of anilines is 3. The Morgan fingerprint density at radius 2 is 1.64 bits per heavy atom. The summed E-state index contributed by atoms with van der Waals surface area (Å²) in [6.45, 7) is 10.4. The van der Waals surface area contributed by atoms with Crippen molar-refractivity contribution in [1.82, 2.24) is 4.90 Å². The molecule has 2 aromatic carbocycles. The van der Waals surface area contributed by atoms with Gasteiger partial charge in [0, 0.05) is 48.8 Å². The van der Waals surface area contributed by atoms with Crippen LogP contribution in [0.1, 0.15) is 49.0 Å². The highest BCUT2D eigenvalue weighted by Crippen LogP contribution is 2.25. The van der Waals surface area contributed by atoms with Gasteiger partial charge in [-0.25, -0.2) is 0 Å². The summed E-state index contributed by atoms with van der Waals surface area (Å²) in [7, 11) is 0. The minimum absolute atomic E-state index is 0.0685. The number of nitrogens with zero attached hydrogens (tertiary/aromatic N) is 2. The molecule has 4 rings (SSSR count). The molecule has 0 aromatic heterocycles. The summed E-state index contributed by atoms with van der Waals surface area (Å²) in [5.41, 5.74) is 4.49. The summed E-state index contributed by atoms with van der Waals surface area (Å²) in [4.78, 5) is 29.9. The predicted octanol–water partition coefficient (Wildman–Crippen LogP) is 4.76. The first kappa shape index (κ1) is 23.1. The zero-order valence-electron chi connectivity index (χ0n) is 20.1. The summed E-state index contributed by atoms with van der Waals surface area (Å²) in [5, 5.41) is 6.17. The molecule has 2 fully saturated rings. The van der Waals surface area contributed by atoms with Crippen LogP contribution in [0.3, 0.4) is 0 Å². The van der Waals surface area contributed by atoms with Crippen LogP contribution in [-0.4, -0.2) is 49.4 Å². The highest BCUT2D eigenvalue weighted by Gasteiger charge is 2.26. The number of carbonyl (C=O) groups excluding carboxylic acids is 2. The number of likely N-dealkylation sites (tertiary alicyclic amines) is 1. The van der Waals surface area contributed by atoms with Crippen molar-refractivity contribution in [3.8, 4) is 0 Å². The van der Waals surface area contributed by atoms with Gasteiger partial charge in [-0.05, 0) is 80.0 Å². The molecule has 0 aliphatic carbocycles. The zero-order chi connectivity index (χ0) is 23.4. The molecule has 0 radical (unpaired) electrons. The number of hydrogen-bond acceptors (Lipinski definition) is 4. The van der Waals surface area contributed by atoms with Crippen molar-refractivity contribution in [2.24, 2.45) is 11.8 Å². The second-order valence-corrected chi connectivity index (χ2v) is 9.83. The van der Waals surface area contributed by atoms with Gasteiger partial charge in [0.2, 0.25) is 5.91 Å². The van der Waals surface area contributed by atoms with Gasteiger partial charge >= 0.3 is 0 Å². The van der Waals surface area contributed by atoms with Crippen LogP contribution in [0.25, 0.3) is 0 Å². The smallest absolute Gasteiger partial charge is 0.253 e. The maximum Gasteiger partial charge on any atom is 0.253 e. The fourth-order valence-corrected chi connectivity index (χ4v) is 5.07. The minimum Gasteiger partial charge on any atom is -0.376 e. The molecule has 2 aliphatic rings. The molecule has 2 aromatic rings. The number of piperidine rings is 1. The van der Waals surface area contributed by atoms with Crippen LogP contribution in [0.2, 0.25) is 0 Å². The van der Waals surface area contributed by atoms with E-state index in [1.807, 2.05) is 42.2 Å². The van der Waals surface area contributed by atoms with E-state index in [1.54, 1.807) is 0 Å². The van der Waals surface area contributed by atoms with Gasteiger partial charge < -0.3 is 20.4 Å². The lowest BCUT2D eigenvalue weighted by molar-refractivity contribution is -0.114. The predicted molar refractivity (Wildman–Crippen MR) is 135 cm³/mol. The molecular weight excluding hydrogens is 412 g/mol. The Hall–Kier alpha value is -3.02. The molecule has 0 saturated carbocycles. The van der Waals surface area contributed by atoms with Crippen molar-refractivity contribution in [2.45, 2.75) is 40.0 Å². The van der Waals surface area contributed by atoms with E-state index in [-0.39, 0.29) is 18.4 Å². The third kappa shape index (κ3) is 5.86. The van der Waals surface area contributed by atoms with Gasteiger partial charge in [0.05, 0.1) is 6.54 Å². The number of nitrogens with one attached hydrogen (secondary N) is 2. The van der Waals surface area contributed by atoms with E-state index < -0.39 is 0 Å². The average Bonchev–Trinajstić information content (AvgIpc) is 3.33. The van der Waals surface area contributed by atoms with Crippen LogP contribution in [0.4, 0.5) is 17.1 Å². The average molecular weight is 449 g/mol. The van der Waals surface area contributed by atoms with Crippen molar-refractivity contribution >= 4 is 28.9 Å². The second-order valence-electron chi connectivity index (χ2n) is 9.83. The molecule has 0 bridgehead atoms. The molecule has 2 unspecified atom stereocenters. The van der Waals surface area contributed by atoms with Gasteiger partial charge in [0.1, 0.15) is 0 Å². The summed E-state index contributed by atoms with van der Waals surface area (Å²) < 4.78 is 0. The fourth-order valence-electron chi connectivity index (χ4n) is 5.07. The van der Waals surface area contributed by atoms with E-state index in [4.69, 9.17) is 0 Å². The maximum absolute atomic E-state index is 13.1. The Kier molecular flexibility index (Phi) is 7.21. The Bertz CT molecular complexity index is 972. The van der Waals surface area contributed by atoms with Crippen molar-refractivity contribution in [3.63, 3.8) is 0 Å². The normalized spacial score (nSPS) is 20.6. The number of carbonyl (C=O) groups is 2. The molecule has 6 nitrogen and oxygen atoms in total. The molecule has 2 heterocycles. The van der Waals surface area contributed by atoms with Gasteiger partial charge in [-0.1, -0.05) is 19.9 Å². The largest absolute Gasteiger partial charge is 0.376 e. The first-order chi connectivity index (χ1) is 15.9. The van der Waals surface area contributed by atoms with Gasteiger partial charge in [-0.2, -0.15) is 0 Å². The van der Waals surface area contributed by atoms with Crippen LogP contribution in [0.15, 0.2) is 42.5 Å². The summed E-state index contributed by atoms with van der Waals surface area (Å²) in [5.74, 6) is 1.00. The molecule has 2 saturated heterocycles. The number of rotatable bonds is 6. The third-order valence-electron chi connectivity index (χ3n) is 6.70. The molecule has 2 atom stereocenters. The number of aryl methyl sites for hydroxylation is 1. The van der Waals surface area contributed by atoms with Gasteiger partial charge in [-0.15, -0.1) is 0 Å². The van der Waals surface area contributed by atoms with E-state index in [1.165, 1.54) is 24.9 Å². The Balaban J connectivity index is 1.34. The fraction of sp³-hybridized carbons (Fsp3) is 0.481. The van der Waals surface area contributed by atoms with Crippen molar-refractivity contribution in [2.75, 3.05) is 48.3 Å². The standard InChI is InChI=1S/C27H36N4O2/c1-19-14-20(2)18-31(17-19)27(33)22-7-6-21(3)25(15-22)28-16-26(32)29-23-8-10-24(11-9-23)30-12-4-5-13-30/h6-11,15,19-20,28H,4-5,12-14,16-18H2,1-3H3,(H,29,32). The topological polar surface area (TPSA) is 64.7 Å². The molecule has 2 N–H and O–H groups in total. The highest BCUT2D eigenvalue weighted by atomic mass is 16.2. The van der Waals surface area contributed by atoms with E-state index in [0.29, 0.717) is 17.4 Å². The van der Waals surface area contributed by atoms with Crippen LogP contribution < -0.4 is 15.5 Å². The number of amides is 2. The van der Waals surface area contributed by atoms with Gasteiger partial charge in [0.25, 0.3) is 5.91 Å². The molecule has 0 spiro atoms. The lowest BCUT2D eigenvalue weighted by Crippen LogP contribution is -2.42. The molecule has 2 aliphatic heterocycles. The van der Waals surface area contributed by atoms with Crippen molar-refractivity contribution < 1.29 is 9.59 Å². The highest BCUT2D eigenvalue weighted by molar-refractivity contribution is 5.96. The number of benzene rings is 2. The third-order valence-corrected chi connectivity index (χ3v) is 6.70. The molecule has 33 heavy (non-hydrogen) atoms. The van der Waals surface area contributed by atoms with E-state index >= 15 is 0 Å². The Labute approximate surface area is 197 Å². The quantitative estimate of drug-likeness (QED) is 0.669. The molecule has 176 valence electrons. The number of hydrogen-bond donors (Lipinski definition) is 2. The molecular formula is C27H36N4O2. The van der Waals surface area contributed by atoms with Crippen molar-refractivity contribution in [1.29, 1.82) is 0 Å². The maximum atomic E-state index is 13.1. The van der Waals surface area contributed by atoms with Crippen LogP contribution in [-0.2, 0) is 4.79 Å². The zero-order valence-corrected chi connectivity index (χ0v) is 20.1. The van der Waals surface area contributed by atoms with Crippen LogP contribution in [0, 0.1) is 18.8 Å². The van der Waals surface area contributed by atoms with Gasteiger partial charge in [0.15, 0.2) is 0 Å². The Morgan fingerprint density at radius 1 is 0.970 bits per heavy atom. The lowest BCUT2D eigenvalue weighted by Gasteiger charge is -2.35. The van der Waals surface area contributed by atoms with Crippen molar-refractivity contribution in [3.05, 3.63) is 53.6 Å². The SMILES string of the molecule is Cc1ccc(C(=O)N2CC(C)CC(C)C2)cc1NCC(=O)Nc1ccc(N2CCCC2)cc1. The summed E-state index contributed by atoms with van der Waals surface area (Å²) >= 11 is 0. The molecule has 6 heteroatoms. The monoisotopic (exact) mass is 448 g/mol. The Morgan fingerprint density at radius 3 is 2.30 bits per heavy atom. The van der Waals surface area contributed by atoms with Crippen LogP contribution in [0.5, 0.6) is 0 Å².